The molecule has 0 aliphatic carbocycles. The van der Waals surface area contributed by atoms with E-state index >= 15 is 0 Å². The molecule has 1 fully saturated rings. The van der Waals surface area contributed by atoms with Crippen LogP contribution in [-0.2, 0) is 9.47 Å². The molecule has 5 nitrogen and oxygen atoms in total. The third-order valence-corrected chi connectivity index (χ3v) is 3.88. The minimum Gasteiger partial charge on any atom is -0.444 e. The lowest BCUT2D eigenvalue weighted by Gasteiger charge is -2.33. The van der Waals surface area contributed by atoms with Crippen molar-refractivity contribution in [3.05, 3.63) is 0 Å². The van der Waals surface area contributed by atoms with E-state index in [2.05, 4.69) is 6.92 Å². The number of carbonyl (C=O) groups excluding carboxylic acids is 1. The van der Waals surface area contributed by atoms with Crippen molar-refractivity contribution in [3.8, 4) is 0 Å². The third kappa shape index (κ3) is 7.99. The van der Waals surface area contributed by atoms with Gasteiger partial charge in [0.25, 0.3) is 0 Å². The number of likely N-dealkylation sites (tertiary alicyclic amines) is 1. The molecule has 0 bridgehead atoms. The molecule has 1 amide bonds. The van der Waals surface area contributed by atoms with E-state index in [0.29, 0.717) is 12.5 Å². The first kappa shape index (κ1) is 19.2. The number of nitrogens with zero attached hydrogens (tertiary/aromatic N) is 1. The fraction of sp³-hybridized carbons (Fsp3) is 0.941. The van der Waals surface area contributed by atoms with E-state index in [1.165, 1.54) is 12.8 Å². The Morgan fingerprint density at radius 3 is 2.50 bits per heavy atom. The average molecular weight is 314 g/mol. The van der Waals surface area contributed by atoms with Gasteiger partial charge in [-0.15, -0.1) is 0 Å². The number of hydrogen-bond acceptors (Lipinski definition) is 4. The number of nitrogens with two attached hydrogens (primary N) is 1. The van der Waals surface area contributed by atoms with Crippen LogP contribution in [0.1, 0.15) is 59.8 Å². The van der Waals surface area contributed by atoms with Gasteiger partial charge >= 0.3 is 6.09 Å². The zero-order valence-corrected chi connectivity index (χ0v) is 14.8. The van der Waals surface area contributed by atoms with Crippen LogP contribution in [0.15, 0.2) is 0 Å². The van der Waals surface area contributed by atoms with Crippen LogP contribution in [0, 0.1) is 5.92 Å². The quantitative estimate of drug-likeness (QED) is 0.784. The molecule has 1 rings (SSSR count). The van der Waals surface area contributed by atoms with E-state index in [4.69, 9.17) is 15.2 Å². The summed E-state index contributed by atoms with van der Waals surface area (Å²) in [5.41, 5.74) is 5.58. The predicted octanol–water partition coefficient (Wildman–Crippen LogP) is 3.17. The largest absolute Gasteiger partial charge is 0.444 e. The minimum absolute atomic E-state index is 0.154. The molecule has 1 atom stereocenters. The molecule has 1 aliphatic rings. The van der Waals surface area contributed by atoms with Gasteiger partial charge in [-0.2, -0.15) is 0 Å². The van der Waals surface area contributed by atoms with Crippen molar-refractivity contribution in [2.75, 3.05) is 26.3 Å². The molecule has 0 radical (unpaired) electrons. The SMILES string of the molecule is CCCCC(N)COCC1CCN(C(=O)OC(C)(C)C)CC1. The van der Waals surface area contributed by atoms with Crippen LogP contribution in [0.2, 0.25) is 0 Å². The lowest BCUT2D eigenvalue weighted by Crippen LogP contribution is -2.42. The van der Waals surface area contributed by atoms with Crippen molar-refractivity contribution in [2.24, 2.45) is 11.7 Å². The second-order valence-electron chi connectivity index (χ2n) is 7.35. The van der Waals surface area contributed by atoms with E-state index in [9.17, 15) is 4.79 Å². The number of hydrogen-bond donors (Lipinski definition) is 1. The first-order valence-corrected chi connectivity index (χ1v) is 8.63. The Hall–Kier alpha value is -0.810. The molecule has 0 aromatic rings. The number of rotatable bonds is 7. The van der Waals surface area contributed by atoms with Gasteiger partial charge in [0.15, 0.2) is 0 Å². The Bertz CT molecular complexity index is 320. The highest BCUT2D eigenvalue weighted by Gasteiger charge is 2.26. The van der Waals surface area contributed by atoms with Crippen molar-refractivity contribution in [2.45, 2.75) is 71.4 Å². The second kappa shape index (κ2) is 9.36. The normalized spacial score (nSPS) is 18.3. The Kier molecular flexibility index (Phi) is 8.18. The highest BCUT2D eigenvalue weighted by Crippen LogP contribution is 2.20. The monoisotopic (exact) mass is 314 g/mol. The topological polar surface area (TPSA) is 64.8 Å². The molecule has 1 aliphatic heterocycles. The minimum atomic E-state index is -0.425. The summed E-state index contributed by atoms with van der Waals surface area (Å²) in [5, 5.41) is 0. The lowest BCUT2D eigenvalue weighted by atomic mass is 9.98. The maximum absolute atomic E-state index is 12.0. The molecule has 0 spiro atoms. The lowest BCUT2D eigenvalue weighted by molar-refractivity contribution is 0.0109. The van der Waals surface area contributed by atoms with Crippen LogP contribution >= 0.6 is 0 Å². The van der Waals surface area contributed by atoms with Gasteiger partial charge in [-0.3, -0.25) is 0 Å². The average Bonchev–Trinajstić information content (AvgIpc) is 2.44. The standard InChI is InChI=1S/C17H34N2O3/c1-5-6-7-15(18)13-21-12-14-8-10-19(11-9-14)16(20)22-17(2,3)4/h14-15H,5-13,18H2,1-4H3. The van der Waals surface area contributed by atoms with Crippen LogP contribution in [0.5, 0.6) is 0 Å². The van der Waals surface area contributed by atoms with Gasteiger partial charge in [-0.05, 0) is 46.0 Å². The smallest absolute Gasteiger partial charge is 0.410 e. The van der Waals surface area contributed by atoms with Gasteiger partial charge in [0, 0.05) is 25.7 Å². The van der Waals surface area contributed by atoms with Crippen molar-refractivity contribution in [1.29, 1.82) is 0 Å². The van der Waals surface area contributed by atoms with Crippen molar-refractivity contribution >= 4 is 6.09 Å². The maximum atomic E-state index is 12.0. The number of unbranched alkanes of at least 4 members (excludes halogenated alkanes) is 1. The van der Waals surface area contributed by atoms with E-state index in [1.54, 1.807) is 4.90 Å². The van der Waals surface area contributed by atoms with Gasteiger partial charge < -0.3 is 20.1 Å². The molecule has 5 heteroatoms. The van der Waals surface area contributed by atoms with E-state index in [-0.39, 0.29) is 12.1 Å². The Labute approximate surface area is 135 Å². The van der Waals surface area contributed by atoms with E-state index in [1.807, 2.05) is 20.8 Å². The molecule has 22 heavy (non-hydrogen) atoms. The molecular formula is C17H34N2O3. The van der Waals surface area contributed by atoms with Crippen LogP contribution in [0.4, 0.5) is 4.79 Å². The zero-order chi connectivity index (χ0) is 16.6. The molecule has 130 valence electrons. The predicted molar refractivity (Wildman–Crippen MR) is 88.9 cm³/mol. The third-order valence-electron chi connectivity index (χ3n) is 3.88. The van der Waals surface area contributed by atoms with Gasteiger partial charge in [0.2, 0.25) is 0 Å². The summed E-state index contributed by atoms with van der Waals surface area (Å²) in [4.78, 5) is 13.8. The molecular weight excluding hydrogens is 280 g/mol. The Morgan fingerprint density at radius 1 is 1.32 bits per heavy atom. The Morgan fingerprint density at radius 2 is 1.95 bits per heavy atom. The van der Waals surface area contributed by atoms with Gasteiger partial charge in [0.05, 0.1) is 6.61 Å². The van der Waals surface area contributed by atoms with Gasteiger partial charge in [0.1, 0.15) is 5.60 Å². The van der Waals surface area contributed by atoms with Crippen LogP contribution < -0.4 is 5.73 Å². The van der Waals surface area contributed by atoms with Crippen LogP contribution in [-0.4, -0.2) is 48.9 Å². The fourth-order valence-electron chi connectivity index (χ4n) is 2.54. The molecule has 0 aromatic carbocycles. The number of amides is 1. The molecule has 1 unspecified atom stereocenters. The molecule has 1 saturated heterocycles. The summed E-state index contributed by atoms with van der Waals surface area (Å²) in [7, 11) is 0. The molecule has 1 heterocycles. The van der Waals surface area contributed by atoms with E-state index < -0.39 is 5.60 Å². The van der Waals surface area contributed by atoms with Gasteiger partial charge in [-0.1, -0.05) is 19.8 Å². The highest BCUT2D eigenvalue weighted by molar-refractivity contribution is 5.68. The molecule has 2 N–H and O–H groups in total. The van der Waals surface area contributed by atoms with Crippen LogP contribution in [0.3, 0.4) is 0 Å². The summed E-state index contributed by atoms with van der Waals surface area (Å²) in [6.07, 6.45) is 5.13. The number of carbonyl (C=O) groups is 1. The zero-order valence-electron chi connectivity index (χ0n) is 14.8. The second-order valence-corrected chi connectivity index (χ2v) is 7.35. The highest BCUT2D eigenvalue weighted by atomic mass is 16.6. The summed E-state index contributed by atoms with van der Waals surface area (Å²) < 4.78 is 11.2. The fourth-order valence-corrected chi connectivity index (χ4v) is 2.54. The first-order valence-electron chi connectivity index (χ1n) is 8.63. The van der Waals surface area contributed by atoms with Gasteiger partial charge in [-0.25, -0.2) is 4.79 Å². The first-order chi connectivity index (χ1) is 10.3. The van der Waals surface area contributed by atoms with Crippen LogP contribution in [0.25, 0.3) is 0 Å². The number of piperidine rings is 1. The molecule has 0 aromatic heterocycles. The molecule has 0 saturated carbocycles. The van der Waals surface area contributed by atoms with Crippen molar-refractivity contribution in [3.63, 3.8) is 0 Å². The summed E-state index contributed by atoms with van der Waals surface area (Å²) in [5.74, 6) is 0.525. The maximum Gasteiger partial charge on any atom is 0.410 e. The van der Waals surface area contributed by atoms with E-state index in [0.717, 1.165) is 39.0 Å². The summed E-state index contributed by atoms with van der Waals surface area (Å²) >= 11 is 0. The van der Waals surface area contributed by atoms with Crippen molar-refractivity contribution < 1.29 is 14.3 Å². The Balaban J connectivity index is 2.16. The summed E-state index contributed by atoms with van der Waals surface area (Å²) in [6, 6.07) is 0.154. The summed E-state index contributed by atoms with van der Waals surface area (Å²) in [6.45, 7) is 10.8. The van der Waals surface area contributed by atoms with Crippen molar-refractivity contribution in [1.82, 2.24) is 4.90 Å². The number of ether oxygens (including phenoxy) is 2.